The van der Waals surface area contributed by atoms with Crippen molar-refractivity contribution in [2.24, 2.45) is 0 Å². The molecule has 3 N–H and O–H groups in total. The van der Waals surface area contributed by atoms with E-state index in [9.17, 15) is 14.4 Å². The number of anilines is 3. The number of fused-ring (bicyclic) bond motifs is 1. The summed E-state index contributed by atoms with van der Waals surface area (Å²) in [7, 11) is 0. The van der Waals surface area contributed by atoms with Gasteiger partial charge in [-0.15, -0.1) is 0 Å². The molecule has 1 aliphatic heterocycles. The number of rotatable bonds is 6. The zero-order chi connectivity index (χ0) is 28.2. The van der Waals surface area contributed by atoms with Crippen LogP contribution in [0.2, 0.25) is 10.0 Å². The lowest BCUT2D eigenvalue weighted by Crippen LogP contribution is -2.43. The number of amides is 3. The zero-order valence-electron chi connectivity index (χ0n) is 21.6. The number of carbonyl (C=O) groups is 2. The number of benzene rings is 3. The number of carbonyl (C=O) groups excluding carboxylic acids is 2. The van der Waals surface area contributed by atoms with Crippen molar-refractivity contribution in [3.63, 3.8) is 0 Å². The number of aromatic nitrogens is 2. The molecule has 9 nitrogen and oxygen atoms in total. The number of nitrogens with zero attached hydrogens (tertiary/aromatic N) is 3. The molecular formula is C29H26Cl2N6O3. The van der Waals surface area contributed by atoms with Crippen molar-refractivity contribution in [3.8, 4) is 5.69 Å². The van der Waals surface area contributed by atoms with Gasteiger partial charge in [0.1, 0.15) is 0 Å². The average molecular weight is 577 g/mol. The maximum absolute atomic E-state index is 13.9. The van der Waals surface area contributed by atoms with E-state index in [-0.39, 0.29) is 24.0 Å². The Morgan fingerprint density at radius 2 is 1.77 bits per heavy atom. The van der Waals surface area contributed by atoms with Crippen LogP contribution >= 0.6 is 23.2 Å². The van der Waals surface area contributed by atoms with Gasteiger partial charge in [0.25, 0.3) is 5.56 Å². The number of halogens is 2. The van der Waals surface area contributed by atoms with E-state index in [1.54, 1.807) is 23.1 Å². The molecule has 11 heteroatoms. The molecule has 1 aromatic heterocycles. The van der Waals surface area contributed by atoms with Crippen LogP contribution in [0.5, 0.6) is 0 Å². The van der Waals surface area contributed by atoms with Crippen molar-refractivity contribution in [2.75, 3.05) is 22.5 Å². The Hall–Kier alpha value is -4.34. The van der Waals surface area contributed by atoms with Gasteiger partial charge in [-0.05, 0) is 48.0 Å². The summed E-state index contributed by atoms with van der Waals surface area (Å²) in [6, 6.07) is 21.1. The first-order valence-electron chi connectivity index (χ1n) is 12.6. The second-order valence-electron chi connectivity index (χ2n) is 9.30. The van der Waals surface area contributed by atoms with Gasteiger partial charge < -0.3 is 20.9 Å². The van der Waals surface area contributed by atoms with Crippen LogP contribution in [-0.2, 0) is 24.3 Å². The van der Waals surface area contributed by atoms with Crippen molar-refractivity contribution in [1.82, 2.24) is 14.5 Å². The zero-order valence-corrected chi connectivity index (χ0v) is 23.1. The number of hydrogen-bond donors (Lipinski definition) is 3. The molecule has 3 aromatic carbocycles. The minimum absolute atomic E-state index is 0.101. The van der Waals surface area contributed by atoms with Gasteiger partial charge in [-0.3, -0.25) is 9.59 Å². The first-order valence-corrected chi connectivity index (χ1v) is 13.4. The Kier molecular flexibility index (Phi) is 8.04. The van der Waals surface area contributed by atoms with Gasteiger partial charge in [0, 0.05) is 37.1 Å². The van der Waals surface area contributed by atoms with E-state index in [0.29, 0.717) is 63.8 Å². The molecule has 0 saturated carbocycles. The van der Waals surface area contributed by atoms with Crippen LogP contribution in [0.25, 0.3) is 5.69 Å². The van der Waals surface area contributed by atoms with Crippen LogP contribution in [0, 0.1) is 0 Å². The van der Waals surface area contributed by atoms with Crippen molar-refractivity contribution in [2.45, 2.75) is 26.4 Å². The summed E-state index contributed by atoms with van der Waals surface area (Å²) >= 11 is 12.2. The molecule has 0 bridgehead atoms. The highest BCUT2D eigenvalue weighted by molar-refractivity contribution is 6.36. The van der Waals surface area contributed by atoms with E-state index in [0.717, 1.165) is 5.56 Å². The number of hydrogen-bond acceptors (Lipinski definition) is 5. The van der Waals surface area contributed by atoms with Crippen molar-refractivity contribution >= 4 is 52.5 Å². The first kappa shape index (κ1) is 27.2. The highest BCUT2D eigenvalue weighted by Gasteiger charge is 2.27. The Morgan fingerprint density at radius 3 is 2.52 bits per heavy atom. The first-order chi connectivity index (χ1) is 19.3. The van der Waals surface area contributed by atoms with E-state index in [1.165, 1.54) is 11.5 Å². The third kappa shape index (κ3) is 6.11. The third-order valence-electron chi connectivity index (χ3n) is 6.40. The van der Waals surface area contributed by atoms with Crippen molar-refractivity contribution in [1.29, 1.82) is 0 Å². The maximum atomic E-state index is 13.9. The van der Waals surface area contributed by atoms with Gasteiger partial charge in [0.2, 0.25) is 11.9 Å². The van der Waals surface area contributed by atoms with Crippen LogP contribution in [0.15, 0.2) is 77.6 Å². The van der Waals surface area contributed by atoms with Gasteiger partial charge in [-0.25, -0.2) is 14.3 Å². The van der Waals surface area contributed by atoms with Gasteiger partial charge in [-0.1, -0.05) is 53.5 Å². The number of para-hydroxylation sites is 1. The minimum Gasteiger partial charge on any atom is -0.351 e. The summed E-state index contributed by atoms with van der Waals surface area (Å²) in [5, 5.41) is 9.66. The molecule has 1 aliphatic rings. The van der Waals surface area contributed by atoms with Crippen LogP contribution in [0.1, 0.15) is 23.7 Å². The summed E-state index contributed by atoms with van der Waals surface area (Å²) in [6.07, 6.45) is 0.411. The Bertz CT molecular complexity index is 1640. The fourth-order valence-electron chi connectivity index (χ4n) is 4.51. The molecule has 5 rings (SSSR count). The standard InChI is InChI=1S/C29H26Cl2N6O3/c1-18(38)33-21-7-5-6-19(14-21)16-32-28-34-25-12-13-36(29(40)35-26-11-10-20(30)15-24(26)31)17-23(25)27(39)37(28)22-8-3-2-4-9-22/h2-11,14-15H,12-13,16-17H2,1H3,(H,32,34)(H,33,38)(H,35,40). The smallest absolute Gasteiger partial charge is 0.322 e. The quantitative estimate of drug-likeness (QED) is 0.273. The molecule has 4 aromatic rings. The molecule has 0 atom stereocenters. The summed E-state index contributed by atoms with van der Waals surface area (Å²) < 4.78 is 1.52. The summed E-state index contributed by atoms with van der Waals surface area (Å²) in [5.74, 6) is 0.240. The molecular weight excluding hydrogens is 551 g/mol. The fraction of sp³-hybridized carbons (Fsp3) is 0.172. The van der Waals surface area contributed by atoms with E-state index < -0.39 is 0 Å². The monoisotopic (exact) mass is 576 g/mol. The van der Waals surface area contributed by atoms with Gasteiger partial charge in [0.05, 0.1) is 34.2 Å². The highest BCUT2D eigenvalue weighted by Crippen LogP contribution is 2.27. The second kappa shape index (κ2) is 11.8. The van der Waals surface area contributed by atoms with E-state index >= 15 is 0 Å². The average Bonchev–Trinajstić information content (AvgIpc) is 2.93. The Morgan fingerprint density at radius 1 is 0.975 bits per heavy atom. The molecule has 0 radical (unpaired) electrons. The fourth-order valence-corrected chi connectivity index (χ4v) is 4.97. The molecule has 0 saturated heterocycles. The van der Waals surface area contributed by atoms with Crippen molar-refractivity contribution < 1.29 is 9.59 Å². The van der Waals surface area contributed by atoms with Crippen LogP contribution in [0.4, 0.5) is 22.1 Å². The summed E-state index contributed by atoms with van der Waals surface area (Å²) in [5.41, 5.74) is 3.50. The molecule has 204 valence electrons. The van der Waals surface area contributed by atoms with Gasteiger partial charge in [0.15, 0.2) is 0 Å². The Balaban J connectivity index is 1.43. The lowest BCUT2D eigenvalue weighted by Gasteiger charge is -2.29. The maximum Gasteiger partial charge on any atom is 0.322 e. The Labute approximate surface area is 240 Å². The predicted octanol–water partition coefficient (Wildman–Crippen LogP) is 5.70. The number of nitrogens with one attached hydrogen (secondary N) is 3. The minimum atomic E-state index is -0.373. The molecule has 0 unspecified atom stereocenters. The molecule has 0 spiro atoms. The van der Waals surface area contributed by atoms with Crippen molar-refractivity contribution in [3.05, 3.63) is 110 Å². The van der Waals surface area contributed by atoms with Crippen LogP contribution < -0.4 is 21.5 Å². The van der Waals surface area contributed by atoms with Gasteiger partial charge >= 0.3 is 6.03 Å². The lowest BCUT2D eigenvalue weighted by atomic mass is 10.1. The highest BCUT2D eigenvalue weighted by atomic mass is 35.5. The van der Waals surface area contributed by atoms with Crippen LogP contribution in [-0.4, -0.2) is 32.9 Å². The second-order valence-corrected chi connectivity index (χ2v) is 10.1. The lowest BCUT2D eigenvalue weighted by molar-refractivity contribution is -0.114. The molecule has 0 fully saturated rings. The third-order valence-corrected chi connectivity index (χ3v) is 6.95. The van der Waals surface area contributed by atoms with E-state index in [4.69, 9.17) is 28.2 Å². The van der Waals surface area contributed by atoms with Crippen LogP contribution in [0.3, 0.4) is 0 Å². The topological polar surface area (TPSA) is 108 Å². The molecule has 40 heavy (non-hydrogen) atoms. The van der Waals surface area contributed by atoms with E-state index in [1.807, 2.05) is 54.6 Å². The molecule has 0 aliphatic carbocycles. The van der Waals surface area contributed by atoms with E-state index in [2.05, 4.69) is 16.0 Å². The normalized spacial score (nSPS) is 12.4. The largest absolute Gasteiger partial charge is 0.351 e. The van der Waals surface area contributed by atoms with Gasteiger partial charge in [-0.2, -0.15) is 0 Å². The summed E-state index contributed by atoms with van der Waals surface area (Å²) in [4.78, 5) is 44.8. The predicted molar refractivity (Wildman–Crippen MR) is 158 cm³/mol. The number of urea groups is 1. The molecule has 2 heterocycles. The SMILES string of the molecule is CC(=O)Nc1cccc(CNc2nc3c(c(=O)n2-c2ccccc2)CN(C(=O)Nc2ccc(Cl)cc2Cl)CC3)c1. The molecule has 3 amide bonds. The summed E-state index contributed by atoms with van der Waals surface area (Å²) in [6.45, 7) is 2.31.